The molecule has 29 heavy (non-hydrogen) atoms. The van der Waals surface area contributed by atoms with Crippen molar-refractivity contribution in [1.29, 1.82) is 0 Å². The number of piperidine rings is 1. The molecule has 3 rings (SSSR count). The van der Waals surface area contributed by atoms with Crippen LogP contribution < -0.4 is 9.64 Å². The average molecular weight is 446 g/mol. The van der Waals surface area contributed by atoms with Crippen LogP contribution in [0.2, 0.25) is 0 Å². The van der Waals surface area contributed by atoms with Crippen LogP contribution in [-0.4, -0.2) is 74.5 Å². The van der Waals surface area contributed by atoms with Crippen LogP contribution in [0.3, 0.4) is 0 Å². The van der Waals surface area contributed by atoms with Gasteiger partial charge >= 0.3 is 0 Å². The average Bonchev–Trinajstić information content (AvgIpc) is 2.68. The highest BCUT2D eigenvalue weighted by Crippen LogP contribution is 2.24. The number of hydrogen-bond acceptors (Lipinski definition) is 5. The summed E-state index contributed by atoms with van der Waals surface area (Å²) >= 11 is 0. The van der Waals surface area contributed by atoms with Crippen molar-refractivity contribution in [3.63, 3.8) is 0 Å². The van der Waals surface area contributed by atoms with Crippen molar-refractivity contribution in [3.8, 4) is 5.75 Å². The van der Waals surface area contributed by atoms with Gasteiger partial charge in [0.15, 0.2) is 0 Å². The first-order valence-electron chi connectivity index (χ1n) is 10.6. The van der Waals surface area contributed by atoms with E-state index in [4.69, 9.17) is 4.74 Å². The molecule has 0 spiro atoms. The molecule has 1 aromatic carbocycles. The van der Waals surface area contributed by atoms with Crippen LogP contribution in [0.1, 0.15) is 33.1 Å². The van der Waals surface area contributed by atoms with Crippen LogP contribution in [0.25, 0.3) is 0 Å². The lowest BCUT2D eigenvalue weighted by atomic mass is 9.93. The SMILES string of the molecule is CCOc1cccc(N2CCN(CCC3CCN(CC(C)=O)CC3)CC2)c1.Cl.Cl. The molecule has 2 aliphatic rings. The number of likely N-dealkylation sites (tertiary alicyclic amines) is 1. The summed E-state index contributed by atoms with van der Waals surface area (Å²) in [4.78, 5) is 18.6. The summed E-state index contributed by atoms with van der Waals surface area (Å²) < 4.78 is 5.63. The number of halogens is 2. The Morgan fingerprint density at radius 1 is 1.03 bits per heavy atom. The topological polar surface area (TPSA) is 36.0 Å². The molecule has 0 aliphatic carbocycles. The molecule has 0 bridgehead atoms. The molecule has 2 aliphatic heterocycles. The van der Waals surface area contributed by atoms with Crippen molar-refractivity contribution >= 4 is 36.3 Å². The van der Waals surface area contributed by atoms with E-state index in [1.807, 2.05) is 13.0 Å². The summed E-state index contributed by atoms with van der Waals surface area (Å²) in [6, 6.07) is 8.47. The molecule has 7 heteroatoms. The molecule has 2 saturated heterocycles. The molecule has 0 radical (unpaired) electrons. The first-order valence-corrected chi connectivity index (χ1v) is 10.6. The molecule has 0 N–H and O–H groups in total. The number of piperazine rings is 1. The number of carbonyl (C=O) groups excluding carboxylic acids is 1. The summed E-state index contributed by atoms with van der Waals surface area (Å²) in [6.07, 6.45) is 3.79. The zero-order valence-corrected chi connectivity index (χ0v) is 19.5. The number of anilines is 1. The third-order valence-electron chi connectivity index (χ3n) is 5.87. The maximum absolute atomic E-state index is 11.2. The van der Waals surface area contributed by atoms with Crippen molar-refractivity contribution in [2.24, 2.45) is 5.92 Å². The monoisotopic (exact) mass is 445 g/mol. The molecule has 1 aromatic rings. The van der Waals surface area contributed by atoms with Gasteiger partial charge < -0.3 is 9.64 Å². The van der Waals surface area contributed by atoms with Gasteiger partial charge in [0.05, 0.1) is 13.2 Å². The zero-order chi connectivity index (χ0) is 19.1. The molecule has 2 heterocycles. The van der Waals surface area contributed by atoms with Crippen molar-refractivity contribution < 1.29 is 9.53 Å². The van der Waals surface area contributed by atoms with Gasteiger partial charge in [-0.2, -0.15) is 0 Å². The third-order valence-corrected chi connectivity index (χ3v) is 5.87. The van der Waals surface area contributed by atoms with Crippen LogP contribution in [0, 0.1) is 5.92 Å². The van der Waals surface area contributed by atoms with Crippen LogP contribution in [-0.2, 0) is 4.79 Å². The Morgan fingerprint density at radius 3 is 2.34 bits per heavy atom. The number of Topliss-reactive ketones (excluding diaryl/α,β-unsaturated/α-hetero) is 1. The van der Waals surface area contributed by atoms with Gasteiger partial charge in [0.1, 0.15) is 11.5 Å². The summed E-state index contributed by atoms with van der Waals surface area (Å²) in [6.45, 7) is 12.9. The molecule has 2 fully saturated rings. The molecule has 5 nitrogen and oxygen atoms in total. The molecule has 0 atom stereocenters. The zero-order valence-electron chi connectivity index (χ0n) is 17.8. The van der Waals surface area contributed by atoms with E-state index in [0.717, 1.165) is 50.9 Å². The number of benzene rings is 1. The lowest BCUT2D eigenvalue weighted by Gasteiger charge is -2.37. The first-order chi connectivity index (χ1) is 13.1. The van der Waals surface area contributed by atoms with E-state index in [9.17, 15) is 4.79 Å². The fourth-order valence-electron chi connectivity index (χ4n) is 4.28. The number of nitrogens with zero attached hydrogens (tertiary/aromatic N) is 3. The highest BCUT2D eigenvalue weighted by atomic mass is 35.5. The van der Waals surface area contributed by atoms with Gasteiger partial charge in [-0.1, -0.05) is 6.07 Å². The Balaban J connectivity index is 0.00000210. The molecule has 0 amide bonds. The van der Waals surface area contributed by atoms with Crippen LogP contribution in [0.15, 0.2) is 24.3 Å². The van der Waals surface area contributed by atoms with E-state index in [-0.39, 0.29) is 30.6 Å². The number of hydrogen-bond donors (Lipinski definition) is 0. The maximum Gasteiger partial charge on any atom is 0.143 e. The van der Waals surface area contributed by atoms with Gasteiger partial charge in [0, 0.05) is 37.9 Å². The number of carbonyl (C=O) groups is 1. The minimum Gasteiger partial charge on any atom is -0.494 e. The summed E-state index contributed by atoms with van der Waals surface area (Å²) in [5.41, 5.74) is 1.28. The maximum atomic E-state index is 11.2. The van der Waals surface area contributed by atoms with Gasteiger partial charge in [0.25, 0.3) is 0 Å². The lowest BCUT2D eigenvalue weighted by molar-refractivity contribution is -0.118. The van der Waals surface area contributed by atoms with Gasteiger partial charge in [-0.15, -0.1) is 24.8 Å². The predicted molar refractivity (Wildman–Crippen MR) is 125 cm³/mol. The predicted octanol–water partition coefficient (Wildman–Crippen LogP) is 3.74. The summed E-state index contributed by atoms with van der Waals surface area (Å²) in [7, 11) is 0. The molecular formula is C22H37Cl2N3O2. The van der Waals surface area contributed by atoms with Crippen molar-refractivity contribution in [2.75, 3.05) is 63.9 Å². The fourth-order valence-corrected chi connectivity index (χ4v) is 4.28. The normalized spacial score (nSPS) is 18.6. The lowest BCUT2D eigenvalue weighted by Crippen LogP contribution is -2.47. The highest BCUT2D eigenvalue weighted by molar-refractivity contribution is 5.85. The molecule has 0 aromatic heterocycles. The highest BCUT2D eigenvalue weighted by Gasteiger charge is 2.22. The minimum atomic E-state index is 0. The molecular weight excluding hydrogens is 409 g/mol. The van der Waals surface area contributed by atoms with Crippen molar-refractivity contribution in [3.05, 3.63) is 24.3 Å². The Hall–Kier alpha value is -1.01. The van der Waals surface area contributed by atoms with Gasteiger partial charge in [-0.3, -0.25) is 14.6 Å². The second kappa shape index (κ2) is 13.3. The van der Waals surface area contributed by atoms with E-state index < -0.39 is 0 Å². The van der Waals surface area contributed by atoms with Gasteiger partial charge in [-0.25, -0.2) is 0 Å². The Morgan fingerprint density at radius 2 is 1.72 bits per heavy atom. The molecule has 0 saturated carbocycles. The van der Waals surface area contributed by atoms with E-state index in [2.05, 4.69) is 32.9 Å². The standard InChI is InChI=1S/C22H35N3O2.2ClH/c1-3-27-22-6-4-5-21(17-22)25-15-13-23(14-16-25)10-7-20-8-11-24(12-9-20)18-19(2)26;;/h4-6,17,20H,3,7-16,18H2,1-2H3;2*1H. The van der Waals surface area contributed by atoms with Gasteiger partial charge in [-0.05, 0) is 70.8 Å². The summed E-state index contributed by atoms with van der Waals surface area (Å²) in [5, 5.41) is 0. The van der Waals surface area contributed by atoms with E-state index in [1.165, 1.54) is 31.5 Å². The minimum absolute atomic E-state index is 0. The number of ether oxygens (including phenoxy) is 1. The number of rotatable bonds is 8. The van der Waals surface area contributed by atoms with Crippen LogP contribution in [0.5, 0.6) is 5.75 Å². The van der Waals surface area contributed by atoms with E-state index >= 15 is 0 Å². The third kappa shape index (κ3) is 8.33. The molecule has 166 valence electrons. The van der Waals surface area contributed by atoms with Crippen LogP contribution >= 0.6 is 24.8 Å². The summed E-state index contributed by atoms with van der Waals surface area (Å²) in [5.74, 6) is 2.08. The second-order valence-corrected chi connectivity index (χ2v) is 7.97. The molecule has 0 unspecified atom stereocenters. The van der Waals surface area contributed by atoms with Crippen molar-refractivity contribution in [1.82, 2.24) is 9.80 Å². The Bertz CT molecular complexity index is 601. The Kier molecular flexibility index (Phi) is 12.0. The van der Waals surface area contributed by atoms with E-state index in [0.29, 0.717) is 13.2 Å². The Labute approximate surface area is 188 Å². The fraction of sp³-hybridized carbons (Fsp3) is 0.682. The van der Waals surface area contributed by atoms with E-state index in [1.54, 1.807) is 6.92 Å². The van der Waals surface area contributed by atoms with Crippen molar-refractivity contribution in [2.45, 2.75) is 33.1 Å². The first kappa shape index (κ1) is 26.0. The second-order valence-electron chi connectivity index (χ2n) is 7.97. The number of ketones is 1. The smallest absolute Gasteiger partial charge is 0.143 e. The van der Waals surface area contributed by atoms with Gasteiger partial charge in [0.2, 0.25) is 0 Å². The van der Waals surface area contributed by atoms with Crippen LogP contribution in [0.4, 0.5) is 5.69 Å². The quantitative estimate of drug-likeness (QED) is 0.608. The largest absolute Gasteiger partial charge is 0.494 e.